The third-order valence-electron chi connectivity index (χ3n) is 2.88. The molecule has 1 aromatic carbocycles. The maximum Gasteiger partial charge on any atom is 0.136 e. The number of hydrogen-bond acceptors (Lipinski definition) is 5. The summed E-state index contributed by atoms with van der Waals surface area (Å²) < 4.78 is 6.21. The van der Waals surface area contributed by atoms with E-state index >= 15 is 0 Å². The summed E-state index contributed by atoms with van der Waals surface area (Å²) in [7, 11) is 3.50. The Hall–Kier alpha value is -1.82. The molecule has 1 heterocycles. The molecule has 1 aromatic heterocycles. The molecule has 0 saturated carbocycles. The minimum atomic E-state index is 0.762. The number of aromatic nitrogens is 2. The first-order valence-electron chi connectivity index (χ1n) is 6.82. The summed E-state index contributed by atoms with van der Waals surface area (Å²) in [5, 5.41) is 6.35. The Balaban J connectivity index is 2.29. The molecule has 21 heavy (non-hydrogen) atoms. The number of hydrogen-bond donors (Lipinski definition) is 2. The number of nitrogens with zero attached hydrogens (tertiary/aromatic N) is 2. The van der Waals surface area contributed by atoms with Crippen molar-refractivity contribution in [2.75, 3.05) is 24.8 Å². The van der Waals surface area contributed by atoms with Gasteiger partial charge in [-0.25, -0.2) is 9.97 Å². The largest absolute Gasteiger partial charge is 0.497 e. The van der Waals surface area contributed by atoms with Crippen LogP contribution in [0.4, 0.5) is 17.3 Å². The van der Waals surface area contributed by atoms with Gasteiger partial charge >= 0.3 is 0 Å². The van der Waals surface area contributed by atoms with Crippen LogP contribution in [0.3, 0.4) is 0 Å². The summed E-state index contributed by atoms with van der Waals surface area (Å²) >= 11 is 3.47. The molecular weight excluding hydrogens is 332 g/mol. The fraction of sp³-hybridized carbons (Fsp3) is 0.333. The molecule has 0 unspecified atom stereocenters. The lowest BCUT2D eigenvalue weighted by molar-refractivity contribution is 0.415. The number of halogens is 1. The summed E-state index contributed by atoms with van der Waals surface area (Å²) in [5.74, 6) is 3.17. The lowest BCUT2D eigenvalue weighted by Crippen LogP contribution is -2.04. The molecule has 112 valence electrons. The van der Waals surface area contributed by atoms with Crippen molar-refractivity contribution in [2.45, 2.75) is 19.8 Å². The van der Waals surface area contributed by atoms with Crippen LogP contribution in [-0.2, 0) is 6.42 Å². The zero-order valence-corrected chi connectivity index (χ0v) is 14.0. The van der Waals surface area contributed by atoms with Gasteiger partial charge in [0.15, 0.2) is 0 Å². The summed E-state index contributed by atoms with van der Waals surface area (Å²) in [6.45, 7) is 2.11. The third kappa shape index (κ3) is 4.32. The Morgan fingerprint density at radius 2 is 1.90 bits per heavy atom. The van der Waals surface area contributed by atoms with Crippen molar-refractivity contribution in [1.29, 1.82) is 0 Å². The van der Waals surface area contributed by atoms with Crippen LogP contribution >= 0.6 is 15.9 Å². The van der Waals surface area contributed by atoms with E-state index in [0.29, 0.717) is 0 Å². The van der Waals surface area contributed by atoms with Gasteiger partial charge in [0.2, 0.25) is 0 Å². The van der Waals surface area contributed by atoms with E-state index in [4.69, 9.17) is 4.74 Å². The van der Waals surface area contributed by atoms with Gasteiger partial charge in [-0.2, -0.15) is 0 Å². The fourth-order valence-corrected chi connectivity index (χ4v) is 2.40. The van der Waals surface area contributed by atoms with Gasteiger partial charge in [0, 0.05) is 35.8 Å². The third-order valence-corrected chi connectivity index (χ3v) is 3.34. The predicted molar refractivity (Wildman–Crippen MR) is 89.6 cm³/mol. The number of rotatable bonds is 6. The lowest BCUT2D eigenvalue weighted by atomic mass is 10.3. The van der Waals surface area contributed by atoms with Gasteiger partial charge in [0.05, 0.1) is 7.11 Å². The predicted octanol–water partition coefficient (Wildman–Crippen LogP) is 3.99. The number of nitrogens with one attached hydrogen (secondary N) is 2. The van der Waals surface area contributed by atoms with Crippen molar-refractivity contribution in [3.8, 4) is 5.75 Å². The van der Waals surface area contributed by atoms with Crippen molar-refractivity contribution in [3.05, 3.63) is 34.6 Å². The second kappa shape index (κ2) is 7.26. The highest BCUT2D eigenvalue weighted by Crippen LogP contribution is 2.27. The fourth-order valence-electron chi connectivity index (χ4n) is 1.93. The van der Waals surface area contributed by atoms with E-state index in [0.717, 1.165) is 46.2 Å². The Labute approximate surface area is 133 Å². The standard InChI is InChI=1S/C15H19BrN4O/c1-4-5-13-19-14(17-2)9-15(20-13)18-11-6-10(16)7-12(8-11)21-3/h6-9H,4-5H2,1-3H3,(H2,17,18,19,20). The molecule has 0 aliphatic heterocycles. The SMILES string of the molecule is CCCc1nc(NC)cc(Nc2cc(Br)cc(OC)c2)n1. The zero-order chi connectivity index (χ0) is 15.2. The Kier molecular flexibility index (Phi) is 5.38. The molecule has 2 N–H and O–H groups in total. The number of ether oxygens (including phenoxy) is 1. The first kappa shape index (κ1) is 15.6. The van der Waals surface area contributed by atoms with Crippen LogP contribution in [0, 0.1) is 0 Å². The van der Waals surface area contributed by atoms with E-state index in [1.165, 1.54) is 0 Å². The molecule has 0 fully saturated rings. The molecule has 0 aliphatic rings. The van der Waals surface area contributed by atoms with E-state index in [9.17, 15) is 0 Å². The molecule has 6 heteroatoms. The highest BCUT2D eigenvalue weighted by Gasteiger charge is 2.05. The minimum Gasteiger partial charge on any atom is -0.497 e. The molecule has 0 atom stereocenters. The highest BCUT2D eigenvalue weighted by atomic mass is 79.9. The number of aryl methyl sites for hydroxylation is 1. The van der Waals surface area contributed by atoms with E-state index in [1.54, 1.807) is 7.11 Å². The molecule has 2 aromatic rings. The molecule has 0 amide bonds. The van der Waals surface area contributed by atoms with Crippen LogP contribution < -0.4 is 15.4 Å². The van der Waals surface area contributed by atoms with E-state index < -0.39 is 0 Å². The van der Waals surface area contributed by atoms with E-state index in [2.05, 4.69) is 43.5 Å². The van der Waals surface area contributed by atoms with Crippen LogP contribution in [0.1, 0.15) is 19.2 Å². The number of anilines is 3. The lowest BCUT2D eigenvalue weighted by Gasteiger charge is -2.11. The van der Waals surface area contributed by atoms with Crippen molar-refractivity contribution < 1.29 is 4.74 Å². The van der Waals surface area contributed by atoms with Crippen LogP contribution in [0.5, 0.6) is 5.75 Å². The Bertz CT molecular complexity index is 619. The van der Waals surface area contributed by atoms with Gasteiger partial charge in [-0.15, -0.1) is 0 Å². The summed E-state index contributed by atoms with van der Waals surface area (Å²) in [5.41, 5.74) is 0.907. The average molecular weight is 351 g/mol. The molecule has 2 rings (SSSR count). The topological polar surface area (TPSA) is 59.1 Å². The maximum atomic E-state index is 5.27. The first-order valence-corrected chi connectivity index (χ1v) is 7.61. The van der Waals surface area contributed by atoms with Crippen LogP contribution in [0.15, 0.2) is 28.7 Å². The number of methoxy groups -OCH3 is 1. The smallest absolute Gasteiger partial charge is 0.136 e. The van der Waals surface area contributed by atoms with Crippen molar-refractivity contribution in [1.82, 2.24) is 9.97 Å². The first-order chi connectivity index (χ1) is 10.1. The number of benzene rings is 1. The molecule has 0 aliphatic carbocycles. The molecule has 0 bridgehead atoms. The molecule has 0 radical (unpaired) electrons. The van der Waals surface area contributed by atoms with Crippen molar-refractivity contribution in [3.63, 3.8) is 0 Å². The van der Waals surface area contributed by atoms with Gasteiger partial charge in [-0.3, -0.25) is 0 Å². The summed E-state index contributed by atoms with van der Waals surface area (Å²) in [6.07, 6.45) is 1.86. The van der Waals surface area contributed by atoms with Crippen molar-refractivity contribution >= 4 is 33.3 Å². The van der Waals surface area contributed by atoms with Crippen molar-refractivity contribution in [2.24, 2.45) is 0 Å². The normalized spacial score (nSPS) is 10.3. The second-order valence-electron chi connectivity index (χ2n) is 4.56. The second-order valence-corrected chi connectivity index (χ2v) is 5.48. The van der Waals surface area contributed by atoms with E-state index in [-0.39, 0.29) is 0 Å². The summed E-state index contributed by atoms with van der Waals surface area (Å²) in [6, 6.07) is 7.69. The quantitative estimate of drug-likeness (QED) is 0.824. The van der Waals surface area contributed by atoms with Crippen LogP contribution in [-0.4, -0.2) is 24.1 Å². The maximum absolute atomic E-state index is 5.27. The molecular formula is C15H19BrN4O. The van der Waals surface area contributed by atoms with E-state index in [1.807, 2.05) is 31.3 Å². The van der Waals surface area contributed by atoms with Gasteiger partial charge in [0.1, 0.15) is 23.2 Å². The Morgan fingerprint density at radius 1 is 1.14 bits per heavy atom. The molecule has 5 nitrogen and oxygen atoms in total. The van der Waals surface area contributed by atoms with Gasteiger partial charge in [-0.1, -0.05) is 22.9 Å². The average Bonchev–Trinajstić information content (AvgIpc) is 2.46. The van der Waals surface area contributed by atoms with Gasteiger partial charge in [-0.05, 0) is 18.6 Å². The van der Waals surface area contributed by atoms with Crippen LogP contribution in [0.25, 0.3) is 0 Å². The highest BCUT2D eigenvalue weighted by molar-refractivity contribution is 9.10. The van der Waals surface area contributed by atoms with Gasteiger partial charge < -0.3 is 15.4 Å². The Morgan fingerprint density at radius 3 is 2.57 bits per heavy atom. The molecule has 0 spiro atoms. The van der Waals surface area contributed by atoms with Gasteiger partial charge in [0.25, 0.3) is 0 Å². The zero-order valence-electron chi connectivity index (χ0n) is 12.4. The van der Waals surface area contributed by atoms with Crippen LogP contribution in [0.2, 0.25) is 0 Å². The minimum absolute atomic E-state index is 0.762. The molecule has 0 saturated heterocycles. The summed E-state index contributed by atoms with van der Waals surface area (Å²) in [4.78, 5) is 8.97. The monoisotopic (exact) mass is 350 g/mol.